The third-order valence-corrected chi connectivity index (χ3v) is 6.17. The average molecular weight is 331 g/mol. The van der Waals surface area contributed by atoms with Gasteiger partial charge in [0, 0.05) is 10.9 Å². The largest absolute Gasteiger partial charge is 0.347 e. The first-order chi connectivity index (χ1) is 11.2. The van der Waals surface area contributed by atoms with Crippen molar-refractivity contribution in [2.45, 2.75) is 63.8 Å². The summed E-state index contributed by atoms with van der Waals surface area (Å²) in [5.41, 5.74) is 0.981. The number of thiophene rings is 1. The molecule has 122 valence electrons. The Balaban J connectivity index is 1.61. The van der Waals surface area contributed by atoms with Crippen LogP contribution in [0.15, 0.2) is 4.79 Å². The van der Waals surface area contributed by atoms with E-state index < -0.39 is 0 Å². The maximum absolute atomic E-state index is 12.5. The lowest BCUT2D eigenvalue weighted by atomic mass is 10.1. The molecule has 0 aromatic carbocycles. The monoisotopic (exact) mass is 331 g/mol. The predicted octanol–water partition coefficient (Wildman–Crippen LogP) is 2.93. The molecule has 1 amide bonds. The SMILES string of the molecule is O=C(NC1CCCCCC1)c1nc2sc3c(c2c(=O)[nH]1)CCC3. The Morgan fingerprint density at radius 3 is 2.70 bits per heavy atom. The highest BCUT2D eigenvalue weighted by Gasteiger charge is 2.23. The molecule has 1 saturated carbocycles. The van der Waals surface area contributed by atoms with Crippen molar-refractivity contribution >= 4 is 27.5 Å². The number of aryl methyl sites for hydroxylation is 2. The van der Waals surface area contributed by atoms with Crippen LogP contribution in [-0.2, 0) is 12.8 Å². The van der Waals surface area contributed by atoms with Crippen LogP contribution in [0.1, 0.15) is 66.0 Å². The van der Waals surface area contributed by atoms with Gasteiger partial charge < -0.3 is 10.3 Å². The first kappa shape index (κ1) is 14.9. The molecule has 0 atom stereocenters. The Labute approximate surface area is 138 Å². The lowest BCUT2D eigenvalue weighted by Crippen LogP contribution is -2.36. The van der Waals surface area contributed by atoms with Gasteiger partial charge in [-0.05, 0) is 37.7 Å². The van der Waals surface area contributed by atoms with E-state index in [0.717, 1.165) is 50.5 Å². The third-order valence-electron chi connectivity index (χ3n) is 4.98. The highest BCUT2D eigenvalue weighted by Crippen LogP contribution is 2.34. The smallest absolute Gasteiger partial charge is 0.287 e. The lowest BCUT2D eigenvalue weighted by Gasteiger charge is -2.15. The highest BCUT2D eigenvalue weighted by molar-refractivity contribution is 7.18. The summed E-state index contributed by atoms with van der Waals surface area (Å²) in [7, 11) is 0. The molecule has 5 nitrogen and oxygen atoms in total. The Kier molecular flexibility index (Phi) is 3.93. The summed E-state index contributed by atoms with van der Waals surface area (Å²) < 4.78 is 0. The van der Waals surface area contributed by atoms with Crippen LogP contribution in [0.2, 0.25) is 0 Å². The molecule has 2 aromatic rings. The van der Waals surface area contributed by atoms with Crippen molar-refractivity contribution in [3.05, 3.63) is 26.6 Å². The molecular weight excluding hydrogens is 310 g/mol. The first-order valence-corrected chi connectivity index (χ1v) is 9.39. The van der Waals surface area contributed by atoms with Gasteiger partial charge in [-0.3, -0.25) is 9.59 Å². The molecule has 2 N–H and O–H groups in total. The molecule has 2 aromatic heterocycles. The van der Waals surface area contributed by atoms with E-state index in [1.807, 2.05) is 0 Å². The molecule has 0 radical (unpaired) electrons. The summed E-state index contributed by atoms with van der Waals surface area (Å²) >= 11 is 1.57. The lowest BCUT2D eigenvalue weighted by molar-refractivity contribution is 0.0923. The van der Waals surface area contributed by atoms with E-state index in [1.165, 1.54) is 17.7 Å². The number of aromatic nitrogens is 2. The van der Waals surface area contributed by atoms with Crippen molar-refractivity contribution in [2.24, 2.45) is 0 Å². The molecule has 4 rings (SSSR count). The number of hydrogen-bond acceptors (Lipinski definition) is 4. The van der Waals surface area contributed by atoms with Crippen molar-refractivity contribution in [3.8, 4) is 0 Å². The molecule has 23 heavy (non-hydrogen) atoms. The number of H-pyrrole nitrogens is 1. The van der Waals surface area contributed by atoms with Gasteiger partial charge in [-0.1, -0.05) is 25.7 Å². The van der Waals surface area contributed by atoms with Crippen molar-refractivity contribution in [1.82, 2.24) is 15.3 Å². The number of nitrogens with one attached hydrogen (secondary N) is 2. The van der Waals surface area contributed by atoms with Gasteiger partial charge in [0.2, 0.25) is 5.82 Å². The van der Waals surface area contributed by atoms with Gasteiger partial charge in [0.25, 0.3) is 11.5 Å². The summed E-state index contributed by atoms with van der Waals surface area (Å²) in [5.74, 6) is -0.0869. The normalized spacial score (nSPS) is 18.8. The minimum Gasteiger partial charge on any atom is -0.347 e. The van der Waals surface area contributed by atoms with Crippen LogP contribution in [0.4, 0.5) is 0 Å². The first-order valence-electron chi connectivity index (χ1n) is 8.58. The summed E-state index contributed by atoms with van der Waals surface area (Å²) in [6, 6.07) is 0.208. The average Bonchev–Trinajstić information content (AvgIpc) is 3.00. The maximum Gasteiger partial charge on any atom is 0.287 e. The van der Waals surface area contributed by atoms with Crippen LogP contribution in [0.5, 0.6) is 0 Å². The van der Waals surface area contributed by atoms with Crippen LogP contribution in [0.3, 0.4) is 0 Å². The highest BCUT2D eigenvalue weighted by atomic mass is 32.1. The molecule has 2 aliphatic carbocycles. The molecule has 0 aliphatic heterocycles. The fraction of sp³-hybridized carbons (Fsp3) is 0.588. The van der Waals surface area contributed by atoms with Crippen molar-refractivity contribution in [1.29, 1.82) is 0 Å². The van der Waals surface area contributed by atoms with Crippen LogP contribution in [0, 0.1) is 0 Å². The number of aromatic amines is 1. The van der Waals surface area contributed by atoms with Crippen molar-refractivity contribution in [3.63, 3.8) is 0 Å². The number of amides is 1. The van der Waals surface area contributed by atoms with Crippen molar-refractivity contribution < 1.29 is 4.79 Å². The Morgan fingerprint density at radius 1 is 1.13 bits per heavy atom. The topological polar surface area (TPSA) is 74.8 Å². The summed E-state index contributed by atoms with van der Waals surface area (Å²) in [5, 5.41) is 3.75. The standard InChI is InChI=1S/C17H21N3O2S/c21-15-13-11-8-5-9-12(11)23-17(13)20-14(19-15)16(22)18-10-6-3-1-2-4-7-10/h10H,1-9H2,(H,18,22)(H,19,20,21). The van der Waals surface area contributed by atoms with E-state index in [1.54, 1.807) is 11.3 Å². The second-order valence-corrected chi connectivity index (χ2v) is 7.70. The van der Waals surface area contributed by atoms with Crippen LogP contribution < -0.4 is 10.9 Å². The second-order valence-electron chi connectivity index (χ2n) is 6.61. The van der Waals surface area contributed by atoms with E-state index in [9.17, 15) is 9.59 Å². The van der Waals surface area contributed by atoms with Crippen LogP contribution in [0.25, 0.3) is 10.2 Å². The molecule has 0 spiro atoms. The Bertz CT molecular complexity index is 800. The number of carbonyl (C=O) groups is 1. The fourth-order valence-corrected chi connectivity index (χ4v) is 5.05. The second kappa shape index (κ2) is 6.07. The van der Waals surface area contributed by atoms with E-state index in [-0.39, 0.29) is 23.3 Å². The Morgan fingerprint density at radius 2 is 1.91 bits per heavy atom. The number of fused-ring (bicyclic) bond motifs is 3. The van der Waals surface area contributed by atoms with Gasteiger partial charge >= 0.3 is 0 Å². The summed E-state index contributed by atoms with van der Waals surface area (Å²) in [6.45, 7) is 0. The molecule has 2 heterocycles. The zero-order valence-corrected chi connectivity index (χ0v) is 13.9. The van der Waals surface area contributed by atoms with Crippen molar-refractivity contribution in [2.75, 3.05) is 0 Å². The molecular formula is C17H21N3O2S. The van der Waals surface area contributed by atoms with Gasteiger partial charge in [0.05, 0.1) is 5.39 Å². The minimum atomic E-state index is -0.246. The zero-order chi connectivity index (χ0) is 15.8. The van der Waals surface area contributed by atoms with E-state index in [2.05, 4.69) is 15.3 Å². The predicted molar refractivity (Wildman–Crippen MR) is 91.2 cm³/mol. The van der Waals surface area contributed by atoms with Gasteiger partial charge in [0.1, 0.15) is 4.83 Å². The fourth-order valence-electron chi connectivity index (χ4n) is 3.79. The number of carbonyl (C=O) groups excluding carboxylic acids is 1. The molecule has 1 fully saturated rings. The number of hydrogen-bond donors (Lipinski definition) is 2. The quantitative estimate of drug-likeness (QED) is 0.831. The molecule has 0 saturated heterocycles. The van der Waals surface area contributed by atoms with Gasteiger partial charge in [-0.2, -0.15) is 0 Å². The van der Waals surface area contributed by atoms with Gasteiger partial charge in [0.15, 0.2) is 0 Å². The van der Waals surface area contributed by atoms with E-state index >= 15 is 0 Å². The van der Waals surface area contributed by atoms with E-state index in [4.69, 9.17) is 0 Å². The Hall–Kier alpha value is -1.69. The number of rotatable bonds is 2. The van der Waals surface area contributed by atoms with Gasteiger partial charge in [-0.25, -0.2) is 4.98 Å². The minimum absolute atomic E-state index is 0.159. The van der Waals surface area contributed by atoms with Crippen LogP contribution >= 0.6 is 11.3 Å². The summed E-state index contributed by atoms with van der Waals surface area (Å²) in [4.78, 5) is 34.0. The van der Waals surface area contributed by atoms with E-state index in [0.29, 0.717) is 10.2 Å². The van der Waals surface area contributed by atoms with Crippen LogP contribution in [-0.4, -0.2) is 21.9 Å². The molecule has 6 heteroatoms. The molecule has 0 unspecified atom stereocenters. The number of nitrogens with zero attached hydrogens (tertiary/aromatic N) is 1. The molecule has 0 bridgehead atoms. The third kappa shape index (κ3) is 2.80. The maximum atomic E-state index is 12.5. The van der Waals surface area contributed by atoms with Gasteiger partial charge in [-0.15, -0.1) is 11.3 Å². The molecule has 2 aliphatic rings. The summed E-state index contributed by atoms with van der Waals surface area (Å²) in [6.07, 6.45) is 9.93. The zero-order valence-electron chi connectivity index (χ0n) is 13.1.